The molecule has 0 bridgehead atoms. The first kappa shape index (κ1) is 23.8. The summed E-state index contributed by atoms with van der Waals surface area (Å²) >= 11 is 0. The lowest BCUT2D eigenvalue weighted by Gasteiger charge is -2.34. The third-order valence-electron chi connectivity index (χ3n) is 6.12. The lowest BCUT2D eigenvalue weighted by Crippen LogP contribution is -2.46. The van der Waals surface area contributed by atoms with E-state index in [0.717, 1.165) is 12.8 Å². The highest BCUT2D eigenvalue weighted by molar-refractivity contribution is 5.94. The molecule has 1 atom stereocenters. The van der Waals surface area contributed by atoms with Gasteiger partial charge in [-0.25, -0.2) is 0 Å². The summed E-state index contributed by atoms with van der Waals surface area (Å²) in [5.74, 6) is -0.173. The molecule has 0 spiro atoms. The minimum atomic E-state index is -0.433. The van der Waals surface area contributed by atoms with Gasteiger partial charge in [0.05, 0.1) is 5.92 Å². The second-order valence-corrected chi connectivity index (χ2v) is 9.68. The van der Waals surface area contributed by atoms with Crippen LogP contribution in [0.4, 0.5) is 0 Å². The summed E-state index contributed by atoms with van der Waals surface area (Å²) in [6, 6.07) is 6.52. The van der Waals surface area contributed by atoms with Crippen molar-refractivity contribution in [1.82, 2.24) is 15.1 Å². The Morgan fingerprint density at radius 2 is 1.84 bits per heavy atom. The molecule has 2 fully saturated rings. The van der Waals surface area contributed by atoms with Crippen LogP contribution in [-0.4, -0.2) is 65.2 Å². The molecular formula is C24H33N3O5. The first-order valence-corrected chi connectivity index (χ1v) is 11.2. The van der Waals surface area contributed by atoms with Crippen molar-refractivity contribution < 1.29 is 23.9 Å². The van der Waals surface area contributed by atoms with Crippen molar-refractivity contribution in [3.63, 3.8) is 0 Å². The van der Waals surface area contributed by atoms with Gasteiger partial charge in [0.1, 0.15) is 5.75 Å². The first-order valence-electron chi connectivity index (χ1n) is 11.2. The molecule has 174 valence electrons. The van der Waals surface area contributed by atoms with E-state index in [9.17, 15) is 19.2 Å². The molecule has 1 N–H and O–H groups in total. The van der Waals surface area contributed by atoms with Crippen LogP contribution in [0.3, 0.4) is 0 Å². The Morgan fingerprint density at radius 1 is 1.16 bits per heavy atom. The number of carbonyl (C=O) groups excluding carboxylic acids is 4. The van der Waals surface area contributed by atoms with Crippen LogP contribution < -0.4 is 10.1 Å². The number of nitrogens with one attached hydrogen (secondary N) is 1. The summed E-state index contributed by atoms with van der Waals surface area (Å²) in [6.07, 6.45) is 1.91. The Bertz CT molecular complexity index is 884. The van der Waals surface area contributed by atoms with Crippen molar-refractivity contribution in [3.8, 4) is 5.75 Å². The number of piperidine rings is 1. The number of rotatable bonds is 5. The Hall–Kier alpha value is -2.90. The molecule has 3 amide bonds. The number of hydrogen-bond acceptors (Lipinski definition) is 5. The zero-order valence-corrected chi connectivity index (χ0v) is 19.3. The molecule has 3 rings (SSSR count). The van der Waals surface area contributed by atoms with Gasteiger partial charge in [0.2, 0.25) is 11.8 Å². The Kier molecular flexibility index (Phi) is 7.21. The molecule has 1 unspecified atom stereocenters. The largest absolute Gasteiger partial charge is 0.427 e. The molecule has 1 aromatic carbocycles. The van der Waals surface area contributed by atoms with E-state index in [1.807, 2.05) is 25.7 Å². The Labute approximate surface area is 189 Å². The minimum Gasteiger partial charge on any atom is -0.427 e. The van der Waals surface area contributed by atoms with Gasteiger partial charge in [0.25, 0.3) is 5.91 Å². The first-order chi connectivity index (χ1) is 15.0. The number of carbonyl (C=O) groups is 4. The molecule has 0 saturated carbocycles. The van der Waals surface area contributed by atoms with E-state index in [1.165, 1.54) is 6.92 Å². The van der Waals surface area contributed by atoms with E-state index in [4.69, 9.17) is 4.74 Å². The predicted molar refractivity (Wildman–Crippen MR) is 119 cm³/mol. The average molecular weight is 444 g/mol. The summed E-state index contributed by atoms with van der Waals surface area (Å²) in [6.45, 7) is 9.58. The topological polar surface area (TPSA) is 96.0 Å². The van der Waals surface area contributed by atoms with Gasteiger partial charge in [-0.2, -0.15) is 0 Å². The summed E-state index contributed by atoms with van der Waals surface area (Å²) in [4.78, 5) is 52.4. The van der Waals surface area contributed by atoms with Gasteiger partial charge >= 0.3 is 5.97 Å². The lowest BCUT2D eigenvalue weighted by molar-refractivity contribution is -0.137. The van der Waals surface area contributed by atoms with Crippen LogP contribution >= 0.6 is 0 Å². The number of likely N-dealkylation sites (tertiary alicyclic amines) is 2. The quantitative estimate of drug-likeness (QED) is 0.556. The number of esters is 1. The third-order valence-corrected chi connectivity index (χ3v) is 6.12. The van der Waals surface area contributed by atoms with Crippen LogP contribution in [0.25, 0.3) is 0 Å². The molecule has 0 aromatic heterocycles. The van der Waals surface area contributed by atoms with Crippen LogP contribution in [0, 0.1) is 11.8 Å². The fourth-order valence-electron chi connectivity index (χ4n) is 4.34. The van der Waals surface area contributed by atoms with E-state index in [1.54, 1.807) is 29.2 Å². The van der Waals surface area contributed by atoms with Crippen molar-refractivity contribution in [1.29, 1.82) is 0 Å². The minimum absolute atomic E-state index is 0.0474. The standard InChI is InChI=1S/C24H33N3O5/c1-16(28)32-20-7-5-6-18(12-20)22(30)25-14-17-8-10-26(11-9-17)23(31)19-13-21(29)27(15-19)24(2,3)4/h5-7,12,17,19H,8-11,13-15H2,1-4H3,(H,25,30). The van der Waals surface area contributed by atoms with Gasteiger partial charge in [-0.1, -0.05) is 6.07 Å². The fraction of sp³-hybridized carbons (Fsp3) is 0.583. The van der Waals surface area contributed by atoms with Gasteiger partial charge in [0, 0.05) is 50.6 Å². The van der Waals surface area contributed by atoms with Gasteiger partial charge in [-0.15, -0.1) is 0 Å². The van der Waals surface area contributed by atoms with E-state index >= 15 is 0 Å². The molecule has 32 heavy (non-hydrogen) atoms. The van der Waals surface area contributed by atoms with Crippen molar-refractivity contribution >= 4 is 23.7 Å². The SMILES string of the molecule is CC(=O)Oc1cccc(C(=O)NCC2CCN(C(=O)C3CC(=O)N(C(C)(C)C)C3)CC2)c1. The zero-order chi connectivity index (χ0) is 23.5. The summed E-state index contributed by atoms with van der Waals surface area (Å²) in [5, 5.41) is 2.94. The smallest absolute Gasteiger partial charge is 0.308 e. The molecule has 2 aliphatic heterocycles. The maximum atomic E-state index is 12.9. The summed E-state index contributed by atoms with van der Waals surface area (Å²) in [5.41, 5.74) is 0.167. The van der Waals surface area contributed by atoms with Gasteiger partial charge in [-0.05, 0) is 57.7 Å². The van der Waals surface area contributed by atoms with E-state index < -0.39 is 5.97 Å². The Morgan fingerprint density at radius 3 is 2.44 bits per heavy atom. The predicted octanol–water partition coefficient (Wildman–Crippen LogP) is 2.23. The summed E-state index contributed by atoms with van der Waals surface area (Å²) < 4.78 is 5.03. The zero-order valence-electron chi connectivity index (χ0n) is 19.3. The second kappa shape index (κ2) is 9.71. The van der Waals surface area contributed by atoms with E-state index in [0.29, 0.717) is 43.9 Å². The number of ether oxygens (including phenoxy) is 1. The van der Waals surface area contributed by atoms with E-state index in [-0.39, 0.29) is 35.1 Å². The number of hydrogen-bond donors (Lipinski definition) is 1. The third kappa shape index (κ3) is 5.87. The molecule has 0 aliphatic carbocycles. The molecule has 8 nitrogen and oxygen atoms in total. The highest BCUT2D eigenvalue weighted by Crippen LogP contribution is 2.28. The van der Waals surface area contributed by atoms with Crippen molar-refractivity contribution in [3.05, 3.63) is 29.8 Å². The second-order valence-electron chi connectivity index (χ2n) is 9.68. The van der Waals surface area contributed by atoms with Crippen LogP contribution in [0.2, 0.25) is 0 Å². The molecule has 1 aromatic rings. The van der Waals surface area contributed by atoms with Gasteiger partial charge in [-0.3, -0.25) is 19.2 Å². The summed E-state index contributed by atoms with van der Waals surface area (Å²) in [7, 11) is 0. The van der Waals surface area contributed by atoms with Gasteiger partial charge in [0.15, 0.2) is 0 Å². The van der Waals surface area contributed by atoms with E-state index in [2.05, 4.69) is 5.32 Å². The highest BCUT2D eigenvalue weighted by Gasteiger charge is 2.41. The van der Waals surface area contributed by atoms with Gasteiger partial charge < -0.3 is 19.9 Å². The normalized spacial score (nSPS) is 19.8. The number of amides is 3. The van der Waals surface area contributed by atoms with Crippen molar-refractivity contribution in [2.24, 2.45) is 11.8 Å². The number of nitrogens with zero attached hydrogens (tertiary/aromatic N) is 2. The molecule has 2 saturated heterocycles. The number of benzene rings is 1. The molecule has 8 heteroatoms. The molecule has 2 heterocycles. The van der Waals surface area contributed by atoms with Crippen molar-refractivity contribution in [2.45, 2.75) is 52.5 Å². The fourth-order valence-corrected chi connectivity index (χ4v) is 4.34. The highest BCUT2D eigenvalue weighted by atomic mass is 16.5. The molecular weight excluding hydrogens is 410 g/mol. The monoisotopic (exact) mass is 443 g/mol. The van der Waals surface area contributed by atoms with Crippen LogP contribution in [0.5, 0.6) is 5.75 Å². The average Bonchev–Trinajstić information content (AvgIpc) is 3.14. The lowest BCUT2D eigenvalue weighted by atomic mass is 9.95. The van der Waals surface area contributed by atoms with Crippen LogP contribution in [0.15, 0.2) is 24.3 Å². The van der Waals surface area contributed by atoms with Crippen molar-refractivity contribution in [2.75, 3.05) is 26.2 Å². The molecule has 0 radical (unpaired) electrons. The maximum absolute atomic E-state index is 12.9. The van der Waals surface area contributed by atoms with Crippen LogP contribution in [-0.2, 0) is 14.4 Å². The molecule has 2 aliphatic rings. The van der Waals surface area contributed by atoms with Crippen LogP contribution in [0.1, 0.15) is 57.3 Å². The Balaban J connectivity index is 1.45. The maximum Gasteiger partial charge on any atom is 0.308 e.